The van der Waals surface area contributed by atoms with E-state index < -0.39 is 0 Å². The van der Waals surface area contributed by atoms with Crippen LogP contribution < -0.4 is 0 Å². The molecule has 108 valence electrons. The van der Waals surface area contributed by atoms with Crippen molar-refractivity contribution in [1.29, 1.82) is 0 Å². The number of rotatable bonds is 7. The molecule has 0 heterocycles. The average Bonchev–Trinajstić information content (AvgIpc) is 2.39. The summed E-state index contributed by atoms with van der Waals surface area (Å²) in [7, 11) is 0. The molecule has 0 amide bonds. The van der Waals surface area contributed by atoms with Crippen LogP contribution in [0.2, 0.25) is 0 Å². The van der Waals surface area contributed by atoms with E-state index in [0.717, 1.165) is 19.3 Å². The van der Waals surface area contributed by atoms with Crippen molar-refractivity contribution in [3.05, 3.63) is 59.2 Å². The SMILES string of the molecule is CC(=O)OC/C=C(\C)CC/C=C(\C)Cc1ccccc1. The minimum Gasteiger partial charge on any atom is -0.462 e. The van der Waals surface area contributed by atoms with Crippen LogP contribution in [0.1, 0.15) is 39.2 Å². The molecular weight excluding hydrogens is 248 g/mol. The molecule has 0 radical (unpaired) electrons. The molecule has 0 saturated carbocycles. The lowest BCUT2D eigenvalue weighted by Crippen LogP contribution is -1.98. The van der Waals surface area contributed by atoms with E-state index in [0.29, 0.717) is 6.61 Å². The highest BCUT2D eigenvalue weighted by Gasteiger charge is 1.95. The number of esters is 1. The Bertz CT molecular complexity index is 469. The highest BCUT2D eigenvalue weighted by molar-refractivity contribution is 5.66. The normalized spacial score (nSPS) is 12.3. The molecule has 2 heteroatoms. The van der Waals surface area contributed by atoms with Gasteiger partial charge in [-0.15, -0.1) is 0 Å². The lowest BCUT2D eigenvalue weighted by Gasteiger charge is -2.03. The van der Waals surface area contributed by atoms with Crippen molar-refractivity contribution in [2.45, 2.75) is 40.0 Å². The highest BCUT2D eigenvalue weighted by Crippen LogP contribution is 2.11. The van der Waals surface area contributed by atoms with Crippen LogP contribution in [-0.2, 0) is 16.0 Å². The summed E-state index contributed by atoms with van der Waals surface area (Å²) in [4.78, 5) is 10.6. The fourth-order valence-corrected chi connectivity index (χ4v) is 1.94. The van der Waals surface area contributed by atoms with Crippen LogP contribution in [-0.4, -0.2) is 12.6 Å². The van der Waals surface area contributed by atoms with E-state index in [9.17, 15) is 4.79 Å². The minimum absolute atomic E-state index is 0.229. The molecule has 0 unspecified atom stereocenters. The smallest absolute Gasteiger partial charge is 0.302 e. The molecular formula is C18H24O2. The Morgan fingerprint density at radius 2 is 1.75 bits per heavy atom. The largest absolute Gasteiger partial charge is 0.462 e. The van der Waals surface area contributed by atoms with Crippen LogP contribution in [0.25, 0.3) is 0 Å². The lowest BCUT2D eigenvalue weighted by molar-refractivity contribution is -0.139. The third kappa shape index (κ3) is 7.57. The van der Waals surface area contributed by atoms with E-state index in [-0.39, 0.29) is 5.97 Å². The Hall–Kier alpha value is -1.83. The van der Waals surface area contributed by atoms with E-state index >= 15 is 0 Å². The maximum Gasteiger partial charge on any atom is 0.302 e. The number of carbonyl (C=O) groups excluding carboxylic acids is 1. The van der Waals surface area contributed by atoms with Crippen molar-refractivity contribution >= 4 is 5.97 Å². The monoisotopic (exact) mass is 272 g/mol. The van der Waals surface area contributed by atoms with Crippen LogP contribution in [0.4, 0.5) is 0 Å². The van der Waals surface area contributed by atoms with Crippen molar-refractivity contribution in [2.24, 2.45) is 0 Å². The van der Waals surface area contributed by atoms with Crippen molar-refractivity contribution < 1.29 is 9.53 Å². The molecule has 20 heavy (non-hydrogen) atoms. The molecule has 1 aromatic carbocycles. The van der Waals surface area contributed by atoms with E-state index in [2.05, 4.69) is 44.2 Å². The van der Waals surface area contributed by atoms with Gasteiger partial charge < -0.3 is 4.74 Å². The molecule has 0 spiro atoms. The standard InChI is InChI=1S/C18H24O2/c1-15(12-13-20-17(3)19)8-7-9-16(2)14-18-10-5-4-6-11-18/h4-6,9-12H,7-8,13-14H2,1-3H3/b15-12+,16-9+. The number of hydrogen-bond acceptors (Lipinski definition) is 2. The summed E-state index contributed by atoms with van der Waals surface area (Å²) >= 11 is 0. The summed E-state index contributed by atoms with van der Waals surface area (Å²) in [5, 5.41) is 0. The average molecular weight is 272 g/mol. The number of allylic oxidation sites excluding steroid dienone is 3. The first-order valence-electron chi connectivity index (χ1n) is 7.06. The fourth-order valence-electron chi connectivity index (χ4n) is 1.94. The van der Waals surface area contributed by atoms with Gasteiger partial charge in [0.15, 0.2) is 0 Å². The van der Waals surface area contributed by atoms with Gasteiger partial charge >= 0.3 is 5.97 Å². The summed E-state index contributed by atoms with van der Waals surface area (Å²) in [5.74, 6) is -0.229. The van der Waals surface area contributed by atoms with Crippen molar-refractivity contribution in [3.63, 3.8) is 0 Å². The lowest BCUT2D eigenvalue weighted by atomic mass is 10.0. The first-order valence-corrected chi connectivity index (χ1v) is 7.06. The minimum atomic E-state index is -0.229. The molecule has 0 aromatic heterocycles. The van der Waals surface area contributed by atoms with Gasteiger partial charge in [0.2, 0.25) is 0 Å². The van der Waals surface area contributed by atoms with Crippen LogP contribution >= 0.6 is 0 Å². The van der Waals surface area contributed by atoms with E-state index in [1.807, 2.05) is 12.1 Å². The Morgan fingerprint density at radius 3 is 2.40 bits per heavy atom. The number of ether oxygens (including phenoxy) is 1. The number of benzene rings is 1. The zero-order chi connectivity index (χ0) is 14.8. The number of carbonyl (C=O) groups is 1. The Labute approximate surface area is 122 Å². The first-order chi connectivity index (χ1) is 9.58. The second-order valence-electron chi connectivity index (χ2n) is 5.10. The predicted molar refractivity (Wildman–Crippen MR) is 83.5 cm³/mol. The molecule has 0 saturated heterocycles. The molecule has 1 aromatic rings. The summed E-state index contributed by atoms with van der Waals surface area (Å²) < 4.78 is 4.89. The Balaban J connectivity index is 2.31. The molecule has 0 fully saturated rings. The third-order valence-electron chi connectivity index (χ3n) is 3.08. The molecule has 0 atom stereocenters. The van der Waals surface area contributed by atoms with E-state index in [1.54, 1.807) is 0 Å². The third-order valence-corrected chi connectivity index (χ3v) is 3.08. The summed E-state index contributed by atoms with van der Waals surface area (Å²) in [6.07, 6.45) is 7.31. The van der Waals surface area contributed by atoms with Crippen molar-refractivity contribution in [3.8, 4) is 0 Å². The van der Waals surface area contributed by atoms with Gasteiger partial charge in [-0.3, -0.25) is 4.79 Å². The maximum absolute atomic E-state index is 10.6. The van der Waals surface area contributed by atoms with E-state index in [1.165, 1.54) is 23.6 Å². The predicted octanol–water partition coefficient (Wildman–Crippen LogP) is 4.47. The zero-order valence-corrected chi connectivity index (χ0v) is 12.7. The van der Waals surface area contributed by atoms with Gasteiger partial charge in [-0.05, 0) is 44.7 Å². The topological polar surface area (TPSA) is 26.3 Å². The zero-order valence-electron chi connectivity index (χ0n) is 12.7. The molecule has 0 N–H and O–H groups in total. The van der Waals surface area contributed by atoms with Gasteiger partial charge in [0.05, 0.1) is 0 Å². The molecule has 0 aliphatic rings. The summed E-state index contributed by atoms with van der Waals surface area (Å²) in [6, 6.07) is 10.5. The summed E-state index contributed by atoms with van der Waals surface area (Å²) in [5.41, 5.74) is 4.00. The second kappa shape index (κ2) is 9.13. The second-order valence-corrected chi connectivity index (χ2v) is 5.10. The first kappa shape index (κ1) is 16.2. The molecule has 0 aliphatic heterocycles. The Morgan fingerprint density at radius 1 is 1.05 bits per heavy atom. The van der Waals surface area contributed by atoms with Crippen LogP contribution in [0.5, 0.6) is 0 Å². The Kier molecular flexibility index (Phi) is 7.41. The van der Waals surface area contributed by atoms with Crippen molar-refractivity contribution in [2.75, 3.05) is 6.61 Å². The number of hydrogen-bond donors (Lipinski definition) is 0. The molecule has 1 rings (SSSR count). The van der Waals surface area contributed by atoms with Gasteiger partial charge in [-0.1, -0.05) is 47.6 Å². The molecule has 0 aliphatic carbocycles. The molecule has 2 nitrogen and oxygen atoms in total. The van der Waals surface area contributed by atoms with Gasteiger partial charge in [0.1, 0.15) is 6.61 Å². The van der Waals surface area contributed by atoms with Gasteiger partial charge in [-0.2, -0.15) is 0 Å². The summed E-state index contributed by atoms with van der Waals surface area (Å²) in [6.45, 7) is 6.06. The van der Waals surface area contributed by atoms with Crippen molar-refractivity contribution in [1.82, 2.24) is 0 Å². The van der Waals surface area contributed by atoms with Crippen LogP contribution in [0.3, 0.4) is 0 Å². The fraction of sp³-hybridized carbons (Fsp3) is 0.389. The van der Waals surface area contributed by atoms with Gasteiger partial charge in [-0.25, -0.2) is 0 Å². The van der Waals surface area contributed by atoms with Gasteiger partial charge in [0.25, 0.3) is 0 Å². The van der Waals surface area contributed by atoms with E-state index in [4.69, 9.17) is 4.74 Å². The van der Waals surface area contributed by atoms with Crippen LogP contribution in [0, 0.1) is 0 Å². The van der Waals surface area contributed by atoms with Crippen LogP contribution in [0.15, 0.2) is 53.6 Å². The highest BCUT2D eigenvalue weighted by atomic mass is 16.5. The maximum atomic E-state index is 10.6. The quantitative estimate of drug-likeness (QED) is 0.541. The molecule has 0 bridgehead atoms. The van der Waals surface area contributed by atoms with Gasteiger partial charge in [0, 0.05) is 6.92 Å².